The zero-order valence-corrected chi connectivity index (χ0v) is 23.1. The molecule has 4 rings (SSSR count). The van der Waals surface area contributed by atoms with E-state index in [1.807, 2.05) is 44.3 Å². The van der Waals surface area contributed by atoms with Crippen LogP contribution in [0.4, 0.5) is 5.69 Å². The molecule has 1 aliphatic carbocycles. The summed E-state index contributed by atoms with van der Waals surface area (Å²) in [6.45, 7) is 5.52. The lowest BCUT2D eigenvalue weighted by molar-refractivity contribution is -0.134. The van der Waals surface area contributed by atoms with Gasteiger partial charge in [-0.3, -0.25) is 14.5 Å². The summed E-state index contributed by atoms with van der Waals surface area (Å²) in [6, 6.07) is 10.8. The third-order valence-electron chi connectivity index (χ3n) is 7.06. The zero-order valence-electron chi connectivity index (χ0n) is 21.5. The lowest BCUT2D eigenvalue weighted by Gasteiger charge is -2.34. The van der Waals surface area contributed by atoms with Gasteiger partial charge in [-0.25, -0.2) is 0 Å². The monoisotopic (exact) mass is 547 g/mol. The number of aliphatic hydroxyl groups is 1. The minimum Gasteiger partial charge on any atom is -0.488 e. The molecule has 3 atom stereocenters. The van der Waals surface area contributed by atoms with Gasteiger partial charge in [-0.1, -0.05) is 36.2 Å². The van der Waals surface area contributed by atoms with Crippen LogP contribution in [-0.2, 0) is 22.6 Å². The normalized spacial score (nSPS) is 20.9. The highest BCUT2D eigenvalue weighted by Gasteiger charge is 2.32. The molecule has 0 radical (unpaired) electrons. The fourth-order valence-corrected chi connectivity index (χ4v) is 4.96. The number of fused-ring (bicyclic) bond motifs is 1. The number of benzene rings is 2. The van der Waals surface area contributed by atoms with Gasteiger partial charge in [0.1, 0.15) is 11.9 Å². The summed E-state index contributed by atoms with van der Waals surface area (Å²) in [5.41, 5.74) is 2.42. The zero-order chi connectivity index (χ0) is 26.7. The van der Waals surface area contributed by atoms with Gasteiger partial charge in [0.2, 0.25) is 11.8 Å². The Hall–Kier alpha value is -2.32. The molecule has 2 N–H and O–H groups in total. The van der Waals surface area contributed by atoms with Crippen LogP contribution >= 0.6 is 23.2 Å². The molecule has 1 saturated carbocycles. The van der Waals surface area contributed by atoms with Crippen LogP contribution in [0.5, 0.6) is 5.75 Å². The Labute approximate surface area is 228 Å². The molecule has 1 heterocycles. The third-order valence-corrected chi connectivity index (χ3v) is 7.80. The molecule has 2 aliphatic rings. The lowest BCUT2D eigenvalue weighted by atomic mass is 10.0. The minimum atomic E-state index is -0.316. The molecule has 37 heavy (non-hydrogen) atoms. The van der Waals surface area contributed by atoms with E-state index in [-0.39, 0.29) is 48.8 Å². The number of rotatable bonds is 8. The first kappa shape index (κ1) is 27.7. The summed E-state index contributed by atoms with van der Waals surface area (Å²) >= 11 is 12.3. The molecule has 0 unspecified atom stereocenters. The molecule has 0 bridgehead atoms. The van der Waals surface area contributed by atoms with Gasteiger partial charge in [-0.05, 0) is 62.7 Å². The van der Waals surface area contributed by atoms with Crippen LogP contribution in [0.3, 0.4) is 0 Å². The van der Waals surface area contributed by atoms with Crippen LogP contribution in [0.2, 0.25) is 10.0 Å². The number of amides is 2. The summed E-state index contributed by atoms with van der Waals surface area (Å²) in [5, 5.41) is 13.8. The van der Waals surface area contributed by atoms with Crippen molar-refractivity contribution in [2.24, 2.45) is 11.8 Å². The minimum absolute atomic E-state index is 0.00518. The van der Waals surface area contributed by atoms with Crippen molar-refractivity contribution in [1.29, 1.82) is 0 Å². The van der Waals surface area contributed by atoms with Crippen molar-refractivity contribution in [3.8, 4) is 5.75 Å². The Morgan fingerprint density at radius 3 is 2.65 bits per heavy atom. The standard InChI is InChI=1S/C28H35Cl2N3O4/c1-17-13-33(18(2)16-34)27(35)12-21-11-22(31-28(36)20-5-6-20)7-9-25(21)37-26(17)15-32(3)14-19-4-8-23(29)24(30)10-19/h4,7-11,17-18,20,26,34H,5-6,12-16H2,1-3H3,(H,31,36)/t17-,18-,26+/m1/s1. The van der Waals surface area contributed by atoms with E-state index in [9.17, 15) is 14.7 Å². The van der Waals surface area contributed by atoms with Crippen molar-refractivity contribution in [1.82, 2.24) is 9.80 Å². The van der Waals surface area contributed by atoms with E-state index in [1.165, 1.54) is 0 Å². The highest BCUT2D eigenvalue weighted by Crippen LogP contribution is 2.33. The van der Waals surface area contributed by atoms with Gasteiger partial charge in [0.15, 0.2) is 0 Å². The first-order chi connectivity index (χ1) is 17.6. The predicted molar refractivity (Wildman–Crippen MR) is 146 cm³/mol. The van der Waals surface area contributed by atoms with Crippen LogP contribution in [0.25, 0.3) is 0 Å². The number of carbonyl (C=O) groups is 2. The molecule has 0 aromatic heterocycles. The Balaban J connectivity index is 1.58. The molecule has 2 aromatic rings. The van der Waals surface area contributed by atoms with Gasteiger partial charge >= 0.3 is 0 Å². The number of likely N-dealkylation sites (N-methyl/N-ethyl adjacent to an activating group) is 1. The van der Waals surface area contributed by atoms with Crippen molar-refractivity contribution in [3.63, 3.8) is 0 Å². The van der Waals surface area contributed by atoms with Gasteiger partial charge < -0.3 is 20.1 Å². The van der Waals surface area contributed by atoms with Crippen molar-refractivity contribution in [2.45, 2.75) is 51.8 Å². The van der Waals surface area contributed by atoms with Gasteiger partial charge in [-0.2, -0.15) is 0 Å². The van der Waals surface area contributed by atoms with E-state index in [2.05, 4.69) is 17.1 Å². The maximum absolute atomic E-state index is 13.3. The molecular weight excluding hydrogens is 513 g/mol. The van der Waals surface area contributed by atoms with E-state index in [1.54, 1.807) is 11.0 Å². The molecule has 1 fully saturated rings. The molecule has 200 valence electrons. The van der Waals surface area contributed by atoms with Gasteiger partial charge in [-0.15, -0.1) is 0 Å². The molecule has 0 spiro atoms. The molecule has 9 heteroatoms. The summed E-state index contributed by atoms with van der Waals surface area (Å²) < 4.78 is 6.57. The molecule has 0 saturated heterocycles. The fourth-order valence-electron chi connectivity index (χ4n) is 4.64. The number of ether oxygens (including phenoxy) is 1. The number of nitrogens with zero attached hydrogens (tertiary/aromatic N) is 2. The third kappa shape index (κ3) is 7.17. The summed E-state index contributed by atoms with van der Waals surface area (Å²) in [6.07, 6.45) is 1.74. The van der Waals surface area contributed by atoms with Crippen molar-refractivity contribution >= 4 is 40.7 Å². The van der Waals surface area contributed by atoms with E-state index in [4.69, 9.17) is 27.9 Å². The molecular formula is C28H35Cl2N3O4. The molecule has 1 aliphatic heterocycles. The first-order valence-corrected chi connectivity index (χ1v) is 13.5. The Bertz CT molecular complexity index is 1140. The maximum atomic E-state index is 13.3. The topological polar surface area (TPSA) is 82.1 Å². The number of nitrogens with one attached hydrogen (secondary N) is 1. The Morgan fingerprint density at radius 1 is 1.22 bits per heavy atom. The highest BCUT2D eigenvalue weighted by molar-refractivity contribution is 6.42. The summed E-state index contributed by atoms with van der Waals surface area (Å²) in [7, 11) is 2.02. The number of aliphatic hydroxyl groups excluding tert-OH is 1. The Kier molecular flexibility index (Phi) is 9.01. The number of anilines is 1. The van der Waals surface area contributed by atoms with Crippen LogP contribution < -0.4 is 10.1 Å². The second-order valence-electron chi connectivity index (χ2n) is 10.4. The number of halogens is 2. The van der Waals surface area contributed by atoms with Crippen molar-refractivity contribution in [2.75, 3.05) is 32.1 Å². The van der Waals surface area contributed by atoms with Crippen LogP contribution in [-0.4, -0.2) is 65.6 Å². The molecule has 2 aromatic carbocycles. The second kappa shape index (κ2) is 12.0. The van der Waals surface area contributed by atoms with E-state index < -0.39 is 0 Å². The van der Waals surface area contributed by atoms with Crippen LogP contribution in [0.15, 0.2) is 36.4 Å². The maximum Gasteiger partial charge on any atom is 0.227 e. The van der Waals surface area contributed by atoms with Gasteiger partial charge in [0.05, 0.1) is 29.1 Å². The quantitative estimate of drug-likeness (QED) is 0.503. The lowest BCUT2D eigenvalue weighted by Crippen LogP contribution is -2.47. The second-order valence-corrected chi connectivity index (χ2v) is 11.2. The average molecular weight is 549 g/mol. The van der Waals surface area contributed by atoms with E-state index in [0.717, 1.165) is 24.0 Å². The highest BCUT2D eigenvalue weighted by atomic mass is 35.5. The SMILES string of the molecule is C[C@@H]1CN([C@H](C)CO)C(=O)Cc2cc(NC(=O)C3CC3)ccc2O[C@H]1CN(C)Cc1ccc(Cl)c(Cl)c1. The fraction of sp³-hybridized carbons (Fsp3) is 0.500. The van der Waals surface area contributed by atoms with E-state index >= 15 is 0 Å². The average Bonchev–Trinajstić information content (AvgIpc) is 3.70. The smallest absolute Gasteiger partial charge is 0.227 e. The van der Waals surface area contributed by atoms with Gasteiger partial charge in [0, 0.05) is 42.7 Å². The largest absolute Gasteiger partial charge is 0.488 e. The number of hydrogen-bond donors (Lipinski definition) is 2. The molecule has 7 nitrogen and oxygen atoms in total. The van der Waals surface area contributed by atoms with Gasteiger partial charge in [0.25, 0.3) is 0 Å². The van der Waals surface area contributed by atoms with Crippen molar-refractivity contribution in [3.05, 3.63) is 57.6 Å². The van der Waals surface area contributed by atoms with Crippen LogP contribution in [0.1, 0.15) is 37.8 Å². The molecule has 2 amide bonds. The number of carbonyl (C=O) groups excluding carboxylic acids is 2. The first-order valence-electron chi connectivity index (χ1n) is 12.8. The van der Waals surface area contributed by atoms with Crippen molar-refractivity contribution < 1.29 is 19.4 Å². The Morgan fingerprint density at radius 2 is 1.97 bits per heavy atom. The predicted octanol–water partition coefficient (Wildman–Crippen LogP) is 4.62. The number of hydrogen-bond acceptors (Lipinski definition) is 5. The van der Waals surface area contributed by atoms with Crippen LogP contribution in [0, 0.1) is 11.8 Å². The van der Waals surface area contributed by atoms with E-state index in [0.29, 0.717) is 41.1 Å². The summed E-state index contributed by atoms with van der Waals surface area (Å²) in [4.78, 5) is 29.6. The summed E-state index contributed by atoms with van der Waals surface area (Å²) in [5.74, 6) is 0.653.